The highest BCUT2D eigenvalue weighted by molar-refractivity contribution is 6.20. The molecule has 0 amide bonds. The molecule has 0 aliphatic heterocycles. The average molecular weight is 381 g/mol. The van der Waals surface area contributed by atoms with Gasteiger partial charge in [-0.1, -0.05) is 72.8 Å². The van der Waals surface area contributed by atoms with Crippen molar-refractivity contribution in [1.29, 1.82) is 0 Å². The Morgan fingerprint density at radius 2 is 1.30 bits per heavy atom. The molecular formula is C29H19N. The van der Waals surface area contributed by atoms with Crippen LogP contribution in [0.4, 0.5) is 0 Å². The Labute approximate surface area is 174 Å². The highest BCUT2D eigenvalue weighted by atomic mass is 14.7. The topological polar surface area (TPSA) is 15.8 Å². The Morgan fingerprint density at radius 3 is 2.30 bits per heavy atom. The maximum Gasteiger partial charge on any atom is 0.0471 e. The van der Waals surface area contributed by atoms with Crippen LogP contribution in [0.25, 0.3) is 54.8 Å². The third-order valence-corrected chi connectivity index (χ3v) is 6.62. The lowest BCUT2D eigenvalue weighted by Crippen LogP contribution is -1.83. The van der Waals surface area contributed by atoms with Crippen LogP contribution in [0.15, 0.2) is 97.1 Å². The molecule has 0 bridgehead atoms. The van der Waals surface area contributed by atoms with Crippen LogP contribution in [-0.2, 0) is 6.42 Å². The fraction of sp³-hybridized carbons (Fsp3) is 0.0345. The number of nitrogens with one attached hydrogen (secondary N) is 1. The monoisotopic (exact) mass is 381 g/mol. The number of aromatic nitrogens is 1. The molecule has 1 aliphatic rings. The van der Waals surface area contributed by atoms with Gasteiger partial charge in [0.15, 0.2) is 0 Å². The van der Waals surface area contributed by atoms with E-state index in [2.05, 4.69) is 102 Å². The first-order chi connectivity index (χ1) is 14.8. The molecule has 30 heavy (non-hydrogen) atoms. The molecule has 0 fully saturated rings. The van der Waals surface area contributed by atoms with Crippen molar-refractivity contribution >= 4 is 32.6 Å². The zero-order valence-corrected chi connectivity index (χ0v) is 16.4. The maximum atomic E-state index is 3.60. The van der Waals surface area contributed by atoms with Crippen molar-refractivity contribution in [1.82, 2.24) is 4.98 Å². The normalized spacial score (nSPS) is 12.5. The predicted octanol–water partition coefficient (Wildman–Crippen LogP) is 7.71. The number of fused-ring (bicyclic) bond motifs is 8. The highest BCUT2D eigenvalue weighted by Crippen LogP contribution is 2.40. The average Bonchev–Trinajstić information content (AvgIpc) is 3.36. The fourth-order valence-electron chi connectivity index (χ4n) is 5.15. The lowest BCUT2D eigenvalue weighted by atomic mass is 9.97. The van der Waals surface area contributed by atoms with E-state index < -0.39 is 0 Å². The Hall–Kier alpha value is -3.84. The van der Waals surface area contributed by atoms with Crippen LogP contribution in [0.1, 0.15) is 11.1 Å². The van der Waals surface area contributed by atoms with Crippen molar-refractivity contribution in [3.8, 4) is 22.3 Å². The van der Waals surface area contributed by atoms with E-state index in [1.807, 2.05) is 0 Å². The van der Waals surface area contributed by atoms with Crippen molar-refractivity contribution in [2.45, 2.75) is 6.42 Å². The van der Waals surface area contributed by atoms with Crippen molar-refractivity contribution in [3.63, 3.8) is 0 Å². The zero-order valence-electron chi connectivity index (χ0n) is 16.4. The van der Waals surface area contributed by atoms with Crippen LogP contribution in [-0.4, -0.2) is 4.98 Å². The van der Waals surface area contributed by atoms with Crippen LogP contribution in [0.3, 0.4) is 0 Å². The molecule has 0 spiro atoms. The highest BCUT2D eigenvalue weighted by Gasteiger charge is 2.18. The van der Waals surface area contributed by atoms with E-state index in [1.54, 1.807) is 0 Å². The minimum atomic E-state index is 1.04. The number of hydrogen-bond acceptors (Lipinski definition) is 0. The number of rotatable bonds is 1. The predicted molar refractivity (Wildman–Crippen MR) is 127 cm³/mol. The van der Waals surface area contributed by atoms with E-state index in [9.17, 15) is 0 Å². The maximum absolute atomic E-state index is 3.60. The van der Waals surface area contributed by atoms with E-state index in [-0.39, 0.29) is 0 Å². The first kappa shape index (κ1) is 16.0. The second-order valence-electron chi connectivity index (χ2n) is 8.30. The van der Waals surface area contributed by atoms with Crippen molar-refractivity contribution < 1.29 is 0 Å². The van der Waals surface area contributed by atoms with Crippen LogP contribution >= 0.6 is 0 Å². The van der Waals surface area contributed by atoms with Gasteiger partial charge in [0.2, 0.25) is 0 Å². The summed E-state index contributed by atoms with van der Waals surface area (Å²) in [5.74, 6) is 0. The number of benzene rings is 5. The van der Waals surface area contributed by atoms with E-state index in [4.69, 9.17) is 0 Å². The Bertz CT molecular complexity index is 1620. The molecule has 0 unspecified atom stereocenters. The summed E-state index contributed by atoms with van der Waals surface area (Å²) < 4.78 is 0. The van der Waals surface area contributed by atoms with Gasteiger partial charge in [-0.25, -0.2) is 0 Å². The molecule has 140 valence electrons. The summed E-state index contributed by atoms with van der Waals surface area (Å²) in [5, 5.41) is 5.20. The molecule has 7 rings (SSSR count). The van der Waals surface area contributed by atoms with E-state index >= 15 is 0 Å². The fourth-order valence-corrected chi connectivity index (χ4v) is 5.15. The number of H-pyrrole nitrogens is 1. The quantitative estimate of drug-likeness (QED) is 0.300. The summed E-state index contributed by atoms with van der Waals surface area (Å²) >= 11 is 0. The zero-order chi connectivity index (χ0) is 19.7. The Morgan fingerprint density at radius 1 is 0.533 bits per heavy atom. The van der Waals surface area contributed by atoms with Gasteiger partial charge in [-0.15, -0.1) is 0 Å². The largest absolute Gasteiger partial charge is 0.354 e. The molecule has 5 aromatic carbocycles. The van der Waals surface area contributed by atoms with Gasteiger partial charge < -0.3 is 4.98 Å². The molecule has 1 heteroatoms. The summed E-state index contributed by atoms with van der Waals surface area (Å²) in [6.07, 6.45) is 1.04. The summed E-state index contributed by atoms with van der Waals surface area (Å²) in [5.41, 5.74) is 10.6. The molecule has 6 aromatic rings. The minimum Gasteiger partial charge on any atom is -0.354 e. The molecule has 1 heterocycles. The summed E-state index contributed by atoms with van der Waals surface area (Å²) in [6.45, 7) is 0. The van der Waals surface area contributed by atoms with Crippen LogP contribution in [0, 0.1) is 0 Å². The molecule has 1 aromatic heterocycles. The molecule has 1 nitrogen and oxygen atoms in total. The summed E-state index contributed by atoms with van der Waals surface area (Å²) in [6, 6.07) is 35.6. The van der Waals surface area contributed by atoms with Gasteiger partial charge >= 0.3 is 0 Å². The van der Waals surface area contributed by atoms with Gasteiger partial charge in [-0.3, -0.25) is 0 Å². The van der Waals surface area contributed by atoms with Crippen molar-refractivity contribution in [2.24, 2.45) is 0 Å². The van der Waals surface area contributed by atoms with Crippen LogP contribution < -0.4 is 0 Å². The van der Waals surface area contributed by atoms with Gasteiger partial charge in [0.25, 0.3) is 0 Å². The van der Waals surface area contributed by atoms with E-state index in [0.29, 0.717) is 0 Å². The lowest BCUT2D eigenvalue weighted by Gasteiger charge is -2.07. The smallest absolute Gasteiger partial charge is 0.0471 e. The molecule has 1 N–H and O–H groups in total. The molecule has 0 atom stereocenters. The minimum absolute atomic E-state index is 1.04. The second-order valence-corrected chi connectivity index (χ2v) is 8.30. The molecule has 0 saturated carbocycles. The van der Waals surface area contributed by atoms with E-state index in [0.717, 1.165) is 6.42 Å². The van der Waals surface area contributed by atoms with E-state index in [1.165, 1.54) is 66.0 Å². The third kappa shape index (κ3) is 2.18. The lowest BCUT2D eigenvalue weighted by molar-refractivity contribution is 1.26. The standard InChI is InChI=1S/C29H19N/c1-4-8-24-18(5-1)11-14-28-29(24)26-17-20(12-13-27(26)30-28)19-9-10-22-15-21-6-2-3-7-23(21)25(22)16-19/h1-14,16-17,30H,15H2. The van der Waals surface area contributed by atoms with Gasteiger partial charge in [0.05, 0.1) is 0 Å². The third-order valence-electron chi connectivity index (χ3n) is 6.62. The van der Waals surface area contributed by atoms with Crippen molar-refractivity contribution in [2.75, 3.05) is 0 Å². The summed E-state index contributed by atoms with van der Waals surface area (Å²) in [4.78, 5) is 3.60. The van der Waals surface area contributed by atoms with Crippen molar-refractivity contribution in [3.05, 3.63) is 108 Å². The second kappa shape index (κ2) is 5.84. The van der Waals surface area contributed by atoms with Crippen LogP contribution in [0.5, 0.6) is 0 Å². The Kier molecular flexibility index (Phi) is 3.12. The first-order valence-electron chi connectivity index (χ1n) is 10.5. The van der Waals surface area contributed by atoms with Gasteiger partial charge in [0.1, 0.15) is 0 Å². The van der Waals surface area contributed by atoms with Crippen LogP contribution in [0.2, 0.25) is 0 Å². The Balaban J connectivity index is 1.47. The van der Waals surface area contributed by atoms with Gasteiger partial charge in [-0.2, -0.15) is 0 Å². The van der Waals surface area contributed by atoms with Gasteiger partial charge in [-0.05, 0) is 74.8 Å². The van der Waals surface area contributed by atoms with Gasteiger partial charge in [0, 0.05) is 21.8 Å². The molecule has 1 aliphatic carbocycles. The number of aromatic amines is 1. The first-order valence-corrected chi connectivity index (χ1v) is 10.5. The molecular weight excluding hydrogens is 362 g/mol. The SMILES string of the molecule is c1ccc2c(c1)Cc1ccc(-c3ccc4[nH]c5ccc6ccccc6c5c4c3)cc1-2. The number of hydrogen-bond donors (Lipinski definition) is 1. The molecule has 0 radical (unpaired) electrons. The molecule has 0 saturated heterocycles. The summed E-state index contributed by atoms with van der Waals surface area (Å²) in [7, 11) is 0.